The summed E-state index contributed by atoms with van der Waals surface area (Å²) in [6.07, 6.45) is 3.37. The predicted molar refractivity (Wildman–Crippen MR) is 154 cm³/mol. The van der Waals surface area contributed by atoms with E-state index >= 15 is 0 Å². The fourth-order valence-corrected chi connectivity index (χ4v) is 5.64. The molecular weight excluding hydrogens is 588 g/mol. The molecule has 2 aromatic carbocycles. The second-order valence-corrected chi connectivity index (χ2v) is 11.1. The first-order valence-corrected chi connectivity index (χ1v) is 14.1. The second kappa shape index (κ2) is 10.2. The molecule has 214 valence electrons. The van der Waals surface area contributed by atoms with E-state index in [0.717, 1.165) is 23.0 Å². The molecule has 0 fully saturated rings. The molecule has 42 heavy (non-hydrogen) atoms. The van der Waals surface area contributed by atoms with Gasteiger partial charge in [-0.2, -0.15) is 19.5 Å². The third-order valence-electron chi connectivity index (χ3n) is 6.25. The number of hydrogen-bond acceptors (Lipinski definition) is 11. The molecule has 0 saturated carbocycles. The summed E-state index contributed by atoms with van der Waals surface area (Å²) >= 11 is 5.92. The van der Waals surface area contributed by atoms with E-state index in [-0.39, 0.29) is 33.3 Å². The Labute approximate surface area is 241 Å². The molecule has 0 radical (unpaired) electrons. The molecule has 1 amide bonds. The third kappa shape index (κ3) is 4.99. The minimum atomic E-state index is -4.18. The highest BCUT2D eigenvalue weighted by atomic mass is 35.5. The van der Waals surface area contributed by atoms with Crippen LogP contribution < -0.4 is 21.5 Å². The molecule has 0 aliphatic carbocycles. The molecule has 4 aromatic heterocycles. The van der Waals surface area contributed by atoms with Gasteiger partial charge in [-0.3, -0.25) is 9.52 Å². The van der Waals surface area contributed by atoms with Gasteiger partial charge < -0.3 is 30.9 Å². The van der Waals surface area contributed by atoms with Gasteiger partial charge in [-0.1, -0.05) is 17.7 Å². The van der Waals surface area contributed by atoms with E-state index in [1.54, 1.807) is 30.3 Å². The number of amides is 1. The van der Waals surface area contributed by atoms with Crippen LogP contribution in [0.2, 0.25) is 5.02 Å². The van der Waals surface area contributed by atoms with Gasteiger partial charge in [-0.15, -0.1) is 5.10 Å². The molecule has 6 rings (SSSR count). The largest absolute Gasteiger partial charge is 0.506 e. The Morgan fingerprint density at radius 2 is 1.95 bits per heavy atom. The zero-order valence-electron chi connectivity index (χ0n) is 21.4. The van der Waals surface area contributed by atoms with Crippen LogP contribution in [0, 0.1) is 0 Å². The number of anilines is 3. The van der Waals surface area contributed by atoms with Crippen molar-refractivity contribution in [3.63, 3.8) is 0 Å². The number of nitrogens with zero attached hydrogens (tertiary/aromatic N) is 6. The van der Waals surface area contributed by atoms with E-state index in [1.807, 2.05) is 16.8 Å². The fourth-order valence-electron chi connectivity index (χ4n) is 4.26. The molecule has 0 aliphatic rings. The Hall–Kier alpha value is -5.35. The van der Waals surface area contributed by atoms with Crippen LogP contribution >= 0.6 is 11.6 Å². The number of carbonyl (C=O) groups is 1. The van der Waals surface area contributed by atoms with Crippen molar-refractivity contribution in [2.24, 2.45) is 5.73 Å². The maximum Gasteiger partial charge on any atom is 0.261 e. The Morgan fingerprint density at radius 1 is 1.12 bits per heavy atom. The van der Waals surface area contributed by atoms with E-state index < -0.39 is 27.2 Å². The number of primary amides is 1. The van der Waals surface area contributed by atoms with Gasteiger partial charge in [-0.05, 0) is 47.9 Å². The van der Waals surface area contributed by atoms with Gasteiger partial charge in [0.05, 0.1) is 32.9 Å². The first-order valence-electron chi connectivity index (χ1n) is 12.2. The van der Waals surface area contributed by atoms with Crippen LogP contribution in [0.4, 0.5) is 17.6 Å². The molecule has 17 heteroatoms. The predicted octanol–water partition coefficient (Wildman–Crippen LogP) is 2.69. The van der Waals surface area contributed by atoms with Gasteiger partial charge in [0.2, 0.25) is 17.7 Å². The van der Waals surface area contributed by atoms with Crippen LogP contribution in [-0.4, -0.2) is 55.1 Å². The van der Waals surface area contributed by atoms with Gasteiger partial charge in [0.25, 0.3) is 21.7 Å². The van der Waals surface area contributed by atoms with Crippen LogP contribution in [0.25, 0.3) is 28.3 Å². The zero-order valence-corrected chi connectivity index (χ0v) is 23.0. The quantitative estimate of drug-likeness (QED) is 0.160. The summed E-state index contributed by atoms with van der Waals surface area (Å²) in [4.78, 5) is 24.2. The number of halogens is 1. The summed E-state index contributed by atoms with van der Waals surface area (Å²) < 4.78 is 37.1. The number of aromatic nitrogens is 6. The molecule has 0 atom stereocenters. The molecule has 6 aromatic rings. The highest BCUT2D eigenvalue weighted by Crippen LogP contribution is 2.32. The van der Waals surface area contributed by atoms with Crippen molar-refractivity contribution >= 4 is 61.8 Å². The molecule has 4 heterocycles. The van der Waals surface area contributed by atoms with Crippen LogP contribution in [0.5, 0.6) is 5.75 Å². The van der Waals surface area contributed by atoms with Crippen molar-refractivity contribution in [1.82, 2.24) is 29.1 Å². The lowest BCUT2D eigenvalue weighted by atomic mass is 10.2. The normalized spacial score (nSPS) is 11.7. The molecule has 0 bridgehead atoms. The number of phenols is 1. The van der Waals surface area contributed by atoms with Crippen molar-refractivity contribution < 1.29 is 22.7 Å². The lowest BCUT2D eigenvalue weighted by Gasteiger charge is -2.12. The second-order valence-electron chi connectivity index (χ2n) is 9.01. The Kier molecular flexibility index (Phi) is 6.55. The fraction of sp³-hybridized carbons (Fsp3) is 0.0800. The summed E-state index contributed by atoms with van der Waals surface area (Å²) in [5, 5.41) is 17.9. The standard InChI is InChI=1S/C25H21ClN10O5S/c26-17-12-15(11-16(20(17)37)21(27)38)42(39,40)34-14-4-3-13-5-7-35(18(13)10-14)8-6-29-24-31-23(28)36-25(32-24)30-22(33-36)19-2-1-9-41-19/h1-5,7,9-12,34,37H,6,8H2,(H2,27,38)(H3,28,29,30,31,32,33). The summed E-state index contributed by atoms with van der Waals surface area (Å²) in [6.45, 7) is 0.866. The molecule has 0 saturated heterocycles. The first-order chi connectivity index (χ1) is 20.1. The topological polar surface area (TPSA) is 222 Å². The molecule has 0 spiro atoms. The molecule has 15 nitrogen and oxygen atoms in total. The SMILES string of the molecule is NC(=O)c1cc(S(=O)(=O)Nc2ccc3ccn(CCNc4nc(N)n5nc(-c6ccco6)nc5n4)c3c2)cc(Cl)c1O. The monoisotopic (exact) mass is 608 g/mol. The number of hydrogen-bond donors (Lipinski definition) is 5. The van der Waals surface area contributed by atoms with Crippen molar-refractivity contribution in [3.8, 4) is 17.3 Å². The Balaban J connectivity index is 1.19. The van der Waals surface area contributed by atoms with Gasteiger partial charge >= 0.3 is 0 Å². The van der Waals surface area contributed by atoms with Crippen LogP contribution in [0.15, 0.2) is 70.3 Å². The van der Waals surface area contributed by atoms with E-state index in [2.05, 4.69) is 30.1 Å². The van der Waals surface area contributed by atoms with E-state index in [0.29, 0.717) is 24.7 Å². The van der Waals surface area contributed by atoms with E-state index in [1.165, 1.54) is 10.8 Å². The molecule has 0 aliphatic heterocycles. The van der Waals surface area contributed by atoms with Gasteiger partial charge in [-0.25, -0.2) is 8.42 Å². The average Bonchev–Trinajstić information content (AvgIpc) is 3.70. The summed E-state index contributed by atoms with van der Waals surface area (Å²) in [5.41, 5.74) is 11.9. The number of rotatable bonds is 9. The van der Waals surface area contributed by atoms with Crippen LogP contribution in [0.1, 0.15) is 10.4 Å². The first kappa shape index (κ1) is 26.9. The maximum absolute atomic E-state index is 13.1. The lowest BCUT2D eigenvalue weighted by Crippen LogP contribution is -2.16. The molecular formula is C25H21ClN10O5S. The number of benzene rings is 2. The van der Waals surface area contributed by atoms with E-state index in [9.17, 15) is 18.3 Å². The van der Waals surface area contributed by atoms with Crippen molar-refractivity contribution in [1.29, 1.82) is 0 Å². The lowest BCUT2D eigenvalue weighted by molar-refractivity contribution is 0.0997. The minimum Gasteiger partial charge on any atom is -0.506 e. The van der Waals surface area contributed by atoms with Crippen LogP contribution in [0.3, 0.4) is 0 Å². The summed E-state index contributed by atoms with van der Waals surface area (Å²) in [6, 6.07) is 12.3. The number of sulfonamides is 1. The number of fused-ring (bicyclic) bond motifs is 2. The van der Waals surface area contributed by atoms with Crippen molar-refractivity contribution in [3.05, 3.63) is 71.6 Å². The highest BCUT2D eigenvalue weighted by molar-refractivity contribution is 7.92. The average molecular weight is 609 g/mol. The number of carbonyl (C=O) groups excluding carboxylic acids is 1. The van der Waals surface area contributed by atoms with Crippen molar-refractivity contribution in [2.75, 3.05) is 22.3 Å². The number of aromatic hydroxyl groups is 1. The Bertz CT molecular complexity index is 2090. The third-order valence-corrected chi connectivity index (χ3v) is 7.90. The summed E-state index contributed by atoms with van der Waals surface area (Å²) in [5.74, 6) is -0.225. The number of nitrogens with one attached hydrogen (secondary N) is 2. The van der Waals surface area contributed by atoms with Gasteiger partial charge in [0.15, 0.2) is 5.76 Å². The number of nitrogen functional groups attached to an aromatic ring is 1. The molecule has 0 unspecified atom stereocenters. The van der Waals surface area contributed by atoms with E-state index in [4.69, 9.17) is 27.5 Å². The van der Waals surface area contributed by atoms with Gasteiger partial charge in [0.1, 0.15) is 5.75 Å². The number of nitrogens with two attached hydrogens (primary N) is 2. The van der Waals surface area contributed by atoms with Crippen LogP contribution in [-0.2, 0) is 16.6 Å². The zero-order chi connectivity index (χ0) is 29.6. The highest BCUT2D eigenvalue weighted by Gasteiger charge is 2.21. The maximum atomic E-state index is 13.1. The smallest absolute Gasteiger partial charge is 0.261 e. The Morgan fingerprint density at radius 3 is 2.71 bits per heavy atom. The number of furan rings is 1. The molecule has 7 N–H and O–H groups in total. The minimum absolute atomic E-state index is 0.0917. The summed E-state index contributed by atoms with van der Waals surface area (Å²) in [7, 11) is -4.18. The van der Waals surface area contributed by atoms with Crippen molar-refractivity contribution in [2.45, 2.75) is 11.4 Å². The van der Waals surface area contributed by atoms with Gasteiger partial charge in [0, 0.05) is 19.3 Å².